The average molecular weight is 276 g/mol. The normalized spacial score (nSPS) is 10.2. The predicted molar refractivity (Wildman–Crippen MR) is 68.1 cm³/mol. The molecule has 0 aliphatic heterocycles. The van der Waals surface area contributed by atoms with Crippen molar-refractivity contribution in [3.63, 3.8) is 0 Å². The molecule has 7 heteroatoms. The van der Waals surface area contributed by atoms with Gasteiger partial charge in [-0.3, -0.25) is 19.7 Å². The first kappa shape index (κ1) is 13.6. The van der Waals surface area contributed by atoms with Gasteiger partial charge in [-0.15, -0.1) is 0 Å². The number of carbonyl (C=O) groups is 1. The number of carbonyl (C=O) groups excluding carboxylic acids is 1. The van der Waals surface area contributed by atoms with Crippen LogP contribution in [0.2, 0.25) is 0 Å². The number of Topliss-reactive ketones (excluding diaryl/α,β-unsaturated/α-hetero) is 1. The van der Waals surface area contributed by atoms with E-state index in [0.717, 1.165) is 18.3 Å². The van der Waals surface area contributed by atoms with Gasteiger partial charge in [-0.2, -0.15) is 0 Å². The Morgan fingerprint density at radius 2 is 2.10 bits per heavy atom. The van der Waals surface area contributed by atoms with Gasteiger partial charge in [-0.05, 0) is 12.1 Å². The summed E-state index contributed by atoms with van der Waals surface area (Å²) >= 11 is 0. The minimum absolute atomic E-state index is 0.159. The van der Waals surface area contributed by atoms with Crippen LogP contribution in [0.15, 0.2) is 47.5 Å². The molecule has 0 N–H and O–H groups in total. The van der Waals surface area contributed by atoms with Crippen molar-refractivity contribution in [3.05, 3.63) is 74.4 Å². The van der Waals surface area contributed by atoms with E-state index in [0.29, 0.717) is 0 Å². The highest BCUT2D eigenvalue weighted by Crippen LogP contribution is 2.07. The second-order valence-corrected chi connectivity index (χ2v) is 4.06. The molecule has 0 atom stereocenters. The maximum Gasteiger partial charge on any atom is 0.332 e. The Balaban J connectivity index is 2.26. The maximum atomic E-state index is 13.0. The number of nitro groups is 1. The molecule has 2 aromatic rings. The molecule has 0 saturated carbocycles. The van der Waals surface area contributed by atoms with E-state index in [2.05, 4.69) is 0 Å². The Hall–Kier alpha value is -2.83. The first-order valence-corrected chi connectivity index (χ1v) is 5.60. The van der Waals surface area contributed by atoms with Crippen LogP contribution >= 0.6 is 0 Å². The van der Waals surface area contributed by atoms with Crippen molar-refractivity contribution in [1.82, 2.24) is 4.57 Å². The van der Waals surface area contributed by atoms with Crippen molar-refractivity contribution in [3.8, 4) is 0 Å². The molecule has 6 nitrogen and oxygen atoms in total. The van der Waals surface area contributed by atoms with Crippen molar-refractivity contribution in [2.45, 2.75) is 6.54 Å². The molecule has 0 amide bonds. The third-order valence-electron chi connectivity index (χ3n) is 2.63. The lowest BCUT2D eigenvalue weighted by atomic mass is 10.1. The van der Waals surface area contributed by atoms with Crippen LogP contribution < -0.4 is 5.43 Å². The van der Waals surface area contributed by atoms with Gasteiger partial charge in [0.15, 0.2) is 5.78 Å². The number of nitrogens with zero attached hydrogens (tertiary/aromatic N) is 2. The van der Waals surface area contributed by atoms with Crippen LogP contribution in [0.1, 0.15) is 10.4 Å². The molecule has 1 aromatic carbocycles. The van der Waals surface area contributed by atoms with E-state index in [9.17, 15) is 24.1 Å². The van der Waals surface area contributed by atoms with Gasteiger partial charge in [0, 0.05) is 17.8 Å². The molecule has 0 aliphatic carbocycles. The number of benzene rings is 1. The minimum atomic E-state index is -0.814. The standard InChI is InChI=1S/C13H9FN2O4/c14-10-3-1-2-9(6-10)13(18)8-15-5-4-12(17)11(7-15)16(19)20/h1-7H,8H2. The Kier molecular flexibility index (Phi) is 3.69. The molecule has 0 unspecified atom stereocenters. The van der Waals surface area contributed by atoms with Gasteiger partial charge in [0.05, 0.1) is 17.7 Å². The zero-order valence-corrected chi connectivity index (χ0v) is 10.2. The number of ketones is 1. The molecule has 0 fully saturated rings. The van der Waals surface area contributed by atoms with Crippen LogP contribution in [-0.2, 0) is 6.54 Å². The van der Waals surface area contributed by atoms with Crippen LogP contribution in [-0.4, -0.2) is 15.3 Å². The van der Waals surface area contributed by atoms with Crippen molar-refractivity contribution in [1.29, 1.82) is 0 Å². The van der Waals surface area contributed by atoms with E-state index >= 15 is 0 Å². The summed E-state index contributed by atoms with van der Waals surface area (Å²) < 4.78 is 14.2. The Morgan fingerprint density at radius 3 is 2.75 bits per heavy atom. The van der Waals surface area contributed by atoms with Crippen molar-refractivity contribution >= 4 is 11.5 Å². The second-order valence-electron chi connectivity index (χ2n) is 4.06. The number of rotatable bonds is 4. The van der Waals surface area contributed by atoms with E-state index in [1.165, 1.54) is 29.0 Å². The first-order chi connectivity index (χ1) is 9.47. The molecule has 1 heterocycles. The molecule has 2 rings (SSSR count). The average Bonchev–Trinajstić information content (AvgIpc) is 2.40. The molecular weight excluding hydrogens is 267 g/mol. The summed E-state index contributed by atoms with van der Waals surface area (Å²) in [5.41, 5.74) is -1.18. The van der Waals surface area contributed by atoms with Crippen molar-refractivity contribution in [2.24, 2.45) is 0 Å². The molecule has 0 bridgehead atoms. The molecular formula is C13H9FN2O4. The highest BCUT2D eigenvalue weighted by molar-refractivity contribution is 5.95. The first-order valence-electron chi connectivity index (χ1n) is 5.60. The molecule has 1 aromatic heterocycles. The summed E-state index contributed by atoms with van der Waals surface area (Å²) in [4.78, 5) is 32.9. The minimum Gasteiger partial charge on any atom is -0.340 e. The monoisotopic (exact) mass is 276 g/mol. The molecule has 0 saturated heterocycles. The molecule has 102 valence electrons. The van der Waals surface area contributed by atoms with Crippen LogP contribution in [0.4, 0.5) is 10.1 Å². The smallest absolute Gasteiger partial charge is 0.332 e. The lowest BCUT2D eigenvalue weighted by Gasteiger charge is -2.05. The van der Waals surface area contributed by atoms with Crippen LogP contribution in [0, 0.1) is 15.9 Å². The summed E-state index contributed by atoms with van der Waals surface area (Å²) in [5.74, 6) is -0.954. The number of hydrogen-bond donors (Lipinski definition) is 0. The molecule has 0 spiro atoms. The van der Waals surface area contributed by atoms with E-state index in [-0.39, 0.29) is 12.1 Å². The Morgan fingerprint density at radius 1 is 1.35 bits per heavy atom. The zero-order valence-electron chi connectivity index (χ0n) is 10.2. The van der Waals surface area contributed by atoms with Gasteiger partial charge in [0.25, 0.3) is 5.43 Å². The zero-order chi connectivity index (χ0) is 14.7. The van der Waals surface area contributed by atoms with Gasteiger partial charge >= 0.3 is 5.69 Å². The van der Waals surface area contributed by atoms with Gasteiger partial charge in [-0.25, -0.2) is 4.39 Å². The number of halogens is 1. The quantitative estimate of drug-likeness (QED) is 0.484. The highest BCUT2D eigenvalue weighted by atomic mass is 19.1. The lowest BCUT2D eigenvalue weighted by molar-refractivity contribution is -0.386. The largest absolute Gasteiger partial charge is 0.340 e. The second kappa shape index (κ2) is 5.43. The maximum absolute atomic E-state index is 13.0. The predicted octanol–water partition coefficient (Wildman–Crippen LogP) is 1.78. The van der Waals surface area contributed by atoms with Gasteiger partial charge in [-0.1, -0.05) is 12.1 Å². The van der Waals surface area contributed by atoms with Crippen LogP contribution in [0.5, 0.6) is 0 Å². The SMILES string of the molecule is O=C(Cn1ccc(=O)c([N+](=O)[O-])c1)c1cccc(F)c1. The summed E-state index contributed by atoms with van der Waals surface area (Å²) in [6, 6.07) is 6.15. The fourth-order valence-electron chi connectivity index (χ4n) is 1.67. The number of pyridine rings is 1. The molecule has 20 heavy (non-hydrogen) atoms. The Bertz CT molecular complexity index is 739. The van der Waals surface area contributed by atoms with Gasteiger partial charge < -0.3 is 4.57 Å². The summed E-state index contributed by atoms with van der Waals surface area (Å²) in [5, 5.41) is 10.6. The third-order valence-corrected chi connectivity index (χ3v) is 2.63. The van der Waals surface area contributed by atoms with E-state index < -0.39 is 27.6 Å². The van der Waals surface area contributed by atoms with Gasteiger partial charge in [0.1, 0.15) is 5.82 Å². The number of aromatic nitrogens is 1. The summed E-state index contributed by atoms with van der Waals surface area (Å²) in [6.45, 7) is -0.218. The van der Waals surface area contributed by atoms with Crippen molar-refractivity contribution in [2.75, 3.05) is 0 Å². The topological polar surface area (TPSA) is 82.2 Å². The van der Waals surface area contributed by atoms with E-state index in [4.69, 9.17) is 0 Å². The van der Waals surface area contributed by atoms with Crippen molar-refractivity contribution < 1.29 is 14.1 Å². The summed E-state index contributed by atoms with van der Waals surface area (Å²) in [7, 11) is 0. The fourth-order valence-corrected chi connectivity index (χ4v) is 1.67. The van der Waals surface area contributed by atoms with Crippen LogP contribution in [0.25, 0.3) is 0 Å². The fraction of sp³-hybridized carbons (Fsp3) is 0.0769. The highest BCUT2D eigenvalue weighted by Gasteiger charge is 2.13. The molecule has 0 radical (unpaired) electrons. The van der Waals surface area contributed by atoms with E-state index in [1.807, 2.05) is 0 Å². The van der Waals surface area contributed by atoms with E-state index in [1.54, 1.807) is 0 Å². The summed E-state index contributed by atoms with van der Waals surface area (Å²) in [6.07, 6.45) is 2.26. The lowest BCUT2D eigenvalue weighted by Crippen LogP contribution is -2.15. The number of hydrogen-bond acceptors (Lipinski definition) is 4. The Labute approximate surface area is 112 Å². The van der Waals surface area contributed by atoms with Gasteiger partial charge in [0.2, 0.25) is 0 Å². The third kappa shape index (κ3) is 2.94. The molecule has 0 aliphatic rings. The van der Waals surface area contributed by atoms with Crippen LogP contribution in [0.3, 0.4) is 0 Å².